The Morgan fingerprint density at radius 3 is 2.57 bits per heavy atom. The summed E-state index contributed by atoms with van der Waals surface area (Å²) < 4.78 is 36.3. The highest BCUT2D eigenvalue weighted by molar-refractivity contribution is 5.95. The van der Waals surface area contributed by atoms with Crippen LogP contribution in [0.5, 0.6) is 17.2 Å². The molecule has 5 rings (SSSR count). The number of aliphatic hydroxyl groups is 1. The molecule has 0 unspecified atom stereocenters. The SMILES string of the molecule is COc1cc(C(=O)NC[C@](C)(O)c2cc3c(c(-c4ccc(F)cc4)n2)OC[C@]3(C)C(N)=O)ccc1OCCN1CCOCC1. The Balaban J connectivity index is 1.33. The summed E-state index contributed by atoms with van der Waals surface area (Å²) in [7, 11) is 1.50. The number of nitrogens with zero attached hydrogens (tertiary/aromatic N) is 2. The van der Waals surface area contributed by atoms with Gasteiger partial charge in [0.1, 0.15) is 41.5 Å². The highest BCUT2D eigenvalue weighted by Crippen LogP contribution is 2.45. The van der Waals surface area contributed by atoms with Crippen molar-refractivity contribution in [3.63, 3.8) is 0 Å². The van der Waals surface area contributed by atoms with E-state index in [-0.39, 0.29) is 18.8 Å². The molecule has 2 aliphatic rings. The number of morpholine rings is 1. The number of hydrogen-bond acceptors (Lipinski definition) is 9. The fourth-order valence-corrected chi connectivity index (χ4v) is 5.15. The predicted molar refractivity (Wildman–Crippen MR) is 159 cm³/mol. The molecule has 0 aliphatic carbocycles. The highest BCUT2D eigenvalue weighted by atomic mass is 19.1. The Kier molecular flexibility index (Phi) is 9.05. The van der Waals surface area contributed by atoms with Crippen LogP contribution >= 0.6 is 0 Å². The first kappa shape index (κ1) is 31.2. The van der Waals surface area contributed by atoms with Crippen molar-refractivity contribution in [3.8, 4) is 28.5 Å². The van der Waals surface area contributed by atoms with Crippen LogP contribution in [0.25, 0.3) is 11.3 Å². The zero-order chi connectivity index (χ0) is 31.5. The number of benzene rings is 2. The van der Waals surface area contributed by atoms with Crippen LogP contribution in [0.1, 0.15) is 35.5 Å². The van der Waals surface area contributed by atoms with Gasteiger partial charge in [-0.05, 0) is 62.4 Å². The van der Waals surface area contributed by atoms with Gasteiger partial charge in [0.05, 0.1) is 32.6 Å². The molecule has 12 heteroatoms. The summed E-state index contributed by atoms with van der Waals surface area (Å²) in [5.74, 6) is -0.229. The lowest BCUT2D eigenvalue weighted by Gasteiger charge is -2.26. The van der Waals surface area contributed by atoms with Crippen LogP contribution in [-0.4, -0.2) is 86.5 Å². The standard InChI is InChI=1S/C32H37FN4O7/c1-31(30(34)39)19-44-28-23(31)17-26(36-27(28)20-4-7-22(33)8-5-20)32(2,40)18-35-29(38)21-6-9-24(25(16-21)41-3)43-15-12-37-10-13-42-14-11-37/h4-9,16-17,40H,10-15,18-19H2,1-3H3,(H2,34,39)(H,35,38)/t31-,32-/m0/s1. The molecule has 0 radical (unpaired) electrons. The first-order valence-corrected chi connectivity index (χ1v) is 14.4. The molecule has 3 aromatic rings. The zero-order valence-electron chi connectivity index (χ0n) is 25.0. The topological polar surface area (TPSA) is 145 Å². The molecule has 0 bridgehead atoms. The van der Waals surface area contributed by atoms with Gasteiger partial charge in [-0.15, -0.1) is 0 Å². The third-order valence-electron chi connectivity index (χ3n) is 8.07. The number of carbonyl (C=O) groups excluding carboxylic acids is 2. The third-order valence-corrected chi connectivity index (χ3v) is 8.07. The molecule has 0 spiro atoms. The summed E-state index contributed by atoms with van der Waals surface area (Å²) in [5, 5.41) is 14.3. The summed E-state index contributed by atoms with van der Waals surface area (Å²) in [5.41, 5.74) is 4.67. The average molecular weight is 609 g/mol. The predicted octanol–water partition coefficient (Wildman–Crippen LogP) is 2.38. The molecular formula is C32H37FN4O7. The van der Waals surface area contributed by atoms with Crippen LogP contribution in [0.4, 0.5) is 4.39 Å². The third kappa shape index (κ3) is 6.47. The van der Waals surface area contributed by atoms with E-state index in [1.807, 2.05) is 0 Å². The highest BCUT2D eigenvalue weighted by Gasteiger charge is 2.45. The lowest BCUT2D eigenvalue weighted by atomic mass is 9.82. The van der Waals surface area contributed by atoms with Crippen molar-refractivity contribution < 1.29 is 38.0 Å². The average Bonchev–Trinajstić information content (AvgIpc) is 3.38. The number of nitrogens with one attached hydrogen (secondary N) is 1. The monoisotopic (exact) mass is 608 g/mol. The molecule has 44 heavy (non-hydrogen) atoms. The van der Waals surface area contributed by atoms with Crippen LogP contribution in [0.3, 0.4) is 0 Å². The quantitative estimate of drug-likeness (QED) is 0.299. The molecule has 2 atom stereocenters. The summed E-state index contributed by atoms with van der Waals surface area (Å²) in [6.07, 6.45) is 0. The van der Waals surface area contributed by atoms with Gasteiger partial charge in [-0.25, -0.2) is 9.37 Å². The van der Waals surface area contributed by atoms with E-state index in [9.17, 15) is 19.1 Å². The van der Waals surface area contributed by atoms with E-state index >= 15 is 0 Å². The molecule has 1 fully saturated rings. The van der Waals surface area contributed by atoms with Crippen LogP contribution in [0, 0.1) is 5.82 Å². The Hall–Kier alpha value is -4.26. The van der Waals surface area contributed by atoms with Gasteiger partial charge in [0.2, 0.25) is 5.91 Å². The summed E-state index contributed by atoms with van der Waals surface area (Å²) >= 11 is 0. The number of amides is 2. The van der Waals surface area contributed by atoms with Crippen LogP contribution in [-0.2, 0) is 20.5 Å². The van der Waals surface area contributed by atoms with Crippen molar-refractivity contribution in [2.24, 2.45) is 5.73 Å². The van der Waals surface area contributed by atoms with E-state index in [2.05, 4.69) is 15.2 Å². The van der Waals surface area contributed by atoms with Crippen LogP contribution < -0.4 is 25.3 Å². The molecule has 2 aliphatic heterocycles. The van der Waals surface area contributed by atoms with Gasteiger partial charge in [0.15, 0.2) is 11.5 Å². The number of hydrogen-bond donors (Lipinski definition) is 3. The fraction of sp³-hybridized carbons (Fsp3) is 0.406. The number of pyridine rings is 1. The van der Waals surface area contributed by atoms with Gasteiger partial charge in [-0.2, -0.15) is 0 Å². The van der Waals surface area contributed by atoms with Crippen molar-refractivity contribution in [2.45, 2.75) is 24.9 Å². The maximum atomic E-state index is 13.7. The maximum absolute atomic E-state index is 13.7. The number of methoxy groups -OCH3 is 1. The number of primary amides is 1. The number of carbonyl (C=O) groups is 2. The van der Waals surface area contributed by atoms with Crippen LogP contribution in [0.2, 0.25) is 0 Å². The second-order valence-corrected chi connectivity index (χ2v) is 11.3. The van der Waals surface area contributed by atoms with Crippen molar-refractivity contribution >= 4 is 11.8 Å². The largest absolute Gasteiger partial charge is 0.493 e. The van der Waals surface area contributed by atoms with Crippen molar-refractivity contribution in [1.82, 2.24) is 15.2 Å². The minimum absolute atomic E-state index is 0.00929. The van der Waals surface area contributed by atoms with Gasteiger partial charge >= 0.3 is 0 Å². The summed E-state index contributed by atoms with van der Waals surface area (Å²) in [4.78, 5) is 32.5. The van der Waals surface area contributed by atoms with Gasteiger partial charge < -0.3 is 35.1 Å². The van der Waals surface area contributed by atoms with E-state index in [0.29, 0.717) is 59.5 Å². The second kappa shape index (κ2) is 12.8. The normalized spacial score (nSPS) is 19.4. The number of aromatic nitrogens is 1. The molecule has 2 aromatic carbocycles. The Morgan fingerprint density at radius 2 is 1.89 bits per heavy atom. The molecule has 11 nitrogen and oxygen atoms in total. The van der Waals surface area contributed by atoms with Crippen molar-refractivity contribution in [1.29, 1.82) is 0 Å². The minimum Gasteiger partial charge on any atom is -0.493 e. The molecule has 2 amide bonds. The van der Waals surface area contributed by atoms with E-state index in [0.717, 1.165) is 19.6 Å². The van der Waals surface area contributed by atoms with Gasteiger partial charge in [-0.3, -0.25) is 14.5 Å². The van der Waals surface area contributed by atoms with Crippen molar-refractivity contribution in [2.75, 3.05) is 59.7 Å². The Morgan fingerprint density at radius 1 is 1.16 bits per heavy atom. The van der Waals surface area contributed by atoms with Crippen molar-refractivity contribution in [3.05, 3.63) is 71.2 Å². The van der Waals surface area contributed by atoms with Crippen LogP contribution in [0.15, 0.2) is 48.5 Å². The molecule has 1 aromatic heterocycles. The minimum atomic E-state index is -1.67. The molecule has 1 saturated heterocycles. The summed E-state index contributed by atoms with van der Waals surface area (Å²) in [6.45, 7) is 7.26. The fourth-order valence-electron chi connectivity index (χ4n) is 5.15. The lowest BCUT2D eigenvalue weighted by molar-refractivity contribution is -0.123. The van der Waals surface area contributed by atoms with E-state index in [4.69, 9.17) is 24.7 Å². The number of halogens is 1. The Bertz CT molecular complexity index is 1530. The smallest absolute Gasteiger partial charge is 0.251 e. The molecule has 4 N–H and O–H groups in total. The second-order valence-electron chi connectivity index (χ2n) is 11.3. The van der Waals surface area contributed by atoms with Gasteiger partial charge in [0.25, 0.3) is 5.91 Å². The first-order valence-electron chi connectivity index (χ1n) is 14.4. The number of ether oxygens (including phenoxy) is 4. The van der Waals surface area contributed by atoms with E-state index in [1.165, 1.54) is 38.3 Å². The maximum Gasteiger partial charge on any atom is 0.251 e. The van der Waals surface area contributed by atoms with Gasteiger partial charge in [-0.1, -0.05) is 0 Å². The van der Waals surface area contributed by atoms with Gasteiger partial charge in [0, 0.05) is 36.3 Å². The number of rotatable bonds is 11. The summed E-state index contributed by atoms with van der Waals surface area (Å²) in [6, 6.07) is 12.1. The Labute approximate surface area is 255 Å². The van der Waals surface area contributed by atoms with E-state index < -0.39 is 28.6 Å². The van der Waals surface area contributed by atoms with E-state index in [1.54, 1.807) is 31.2 Å². The first-order chi connectivity index (χ1) is 21.0. The number of nitrogens with two attached hydrogens (primary N) is 1. The molecular weight excluding hydrogens is 571 g/mol. The molecule has 0 saturated carbocycles. The molecule has 3 heterocycles. The molecule has 234 valence electrons. The lowest BCUT2D eigenvalue weighted by Crippen LogP contribution is -2.41. The zero-order valence-corrected chi connectivity index (χ0v) is 25.0. The number of fused-ring (bicyclic) bond motifs is 1.